The molecule has 0 heterocycles. The van der Waals surface area contributed by atoms with E-state index in [0.717, 1.165) is 18.2 Å². The van der Waals surface area contributed by atoms with Gasteiger partial charge in [0.1, 0.15) is 12.4 Å². The molecule has 1 aromatic carbocycles. The highest BCUT2D eigenvalue weighted by molar-refractivity contribution is 8.13. The van der Waals surface area contributed by atoms with Gasteiger partial charge in [0.2, 0.25) is 0 Å². The van der Waals surface area contributed by atoms with Crippen molar-refractivity contribution in [2.24, 2.45) is 0 Å². The normalized spacial score (nSPS) is 11.3. The standard InChI is InChI=1S/C11H12ClFO5S/c1-2-17-3-4-18-11(14)8-5-9(13)7-10(6-8)19(12,15)16/h5-7H,2-4H2,1H3. The summed E-state index contributed by atoms with van der Waals surface area (Å²) in [5.41, 5.74) is -0.226. The molecule has 0 spiro atoms. The minimum absolute atomic E-state index is 0.00779. The molecule has 0 radical (unpaired) electrons. The molecule has 0 aliphatic carbocycles. The van der Waals surface area contributed by atoms with E-state index in [0.29, 0.717) is 6.61 Å². The lowest BCUT2D eigenvalue weighted by molar-refractivity contribution is 0.0334. The van der Waals surface area contributed by atoms with Crippen LogP contribution < -0.4 is 0 Å². The third-order valence-electron chi connectivity index (χ3n) is 2.05. The largest absolute Gasteiger partial charge is 0.460 e. The van der Waals surface area contributed by atoms with Crippen LogP contribution in [0.25, 0.3) is 0 Å². The molecule has 0 saturated carbocycles. The van der Waals surface area contributed by atoms with E-state index in [2.05, 4.69) is 0 Å². The number of ether oxygens (including phenoxy) is 2. The Morgan fingerprint density at radius 3 is 2.58 bits per heavy atom. The molecule has 5 nitrogen and oxygen atoms in total. The van der Waals surface area contributed by atoms with Crippen LogP contribution in [0.5, 0.6) is 0 Å². The molecule has 0 bridgehead atoms. The Morgan fingerprint density at radius 1 is 1.32 bits per heavy atom. The van der Waals surface area contributed by atoms with Crippen LogP contribution in [0.2, 0.25) is 0 Å². The highest BCUT2D eigenvalue weighted by atomic mass is 35.7. The monoisotopic (exact) mass is 310 g/mol. The lowest BCUT2D eigenvalue weighted by atomic mass is 10.2. The summed E-state index contributed by atoms with van der Waals surface area (Å²) in [6.07, 6.45) is 0. The molecule has 0 aromatic heterocycles. The smallest absolute Gasteiger partial charge is 0.338 e. The Bertz CT molecular complexity index is 558. The zero-order valence-electron chi connectivity index (χ0n) is 10.1. The molecular weight excluding hydrogens is 299 g/mol. The summed E-state index contributed by atoms with van der Waals surface area (Å²) < 4.78 is 45.1. The van der Waals surface area contributed by atoms with Crippen molar-refractivity contribution in [3.05, 3.63) is 29.6 Å². The van der Waals surface area contributed by atoms with Gasteiger partial charge in [-0.15, -0.1) is 0 Å². The fourth-order valence-electron chi connectivity index (χ4n) is 1.24. The van der Waals surface area contributed by atoms with Crippen molar-refractivity contribution in [2.45, 2.75) is 11.8 Å². The van der Waals surface area contributed by atoms with Crippen molar-refractivity contribution in [3.63, 3.8) is 0 Å². The number of halogens is 2. The zero-order chi connectivity index (χ0) is 14.5. The first-order valence-corrected chi connectivity index (χ1v) is 7.65. The predicted molar refractivity (Wildman–Crippen MR) is 66.2 cm³/mol. The van der Waals surface area contributed by atoms with Gasteiger partial charge in [-0.2, -0.15) is 0 Å². The molecule has 106 valence electrons. The molecule has 1 rings (SSSR count). The van der Waals surface area contributed by atoms with Gasteiger partial charge in [0.25, 0.3) is 9.05 Å². The number of hydrogen-bond donors (Lipinski definition) is 0. The van der Waals surface area contributed by atoms with E-state index < -0.39 is 25.7 Å². The second-order valence-electron chi connectivity index (χ2n) is 3.45. The number of hydrogen-bond acceptors (Lipinski definition) is 5. The molecule has 0 atom stereocenters. The number of rotatable bonds is 6. The summed E-state index contributed by atoms with van der Waals surface area (Å²) in [5, 5.41) is 0. The Labute approximate surface area is 114 Å². The molecule has 0 aliphatic heterocycles. The maximum absolute atomic E-state index is 13.2. The van der Waals surface area contributed by atoms with Gasteiger partial charge < -0.3 is 9.47 Å². The number of carbonyl (C=O) groups is 1. The zero-order valence-corrected chi connectivity index (χ0v) is 11.6. The summed E-state index contributed by atoms with van der Waals surface area (Å²) in [7, 11) is 0.976. The first-order chi connectivity index (χ1) is 8.84. The lowest BCUT2D eigenvalue weighted by Gasteiger charge is -2.06. The fraction of sp³-hybridized carbons (Fsp3) is 0.364. The molecule has 0 fully saturated rings. The summed E-state index contributed by atoms with van der Waals surface area (Å²) >= 11 is 0. The second-order valence-corrected chi connectivity index (χ2v) is 6.01. The summed E-state index contributed by atoms with van der Waals surface area (Å²) in [4.78, 5) is 11.1. The van der Waals surface area contributed by atoms with E-state index in [1.54, 1.807) is 6.92 Å². The SMILES string of the molecule is CCOCCOC(=O)c1cc(F)cc(S(=O)(=O)Cl)c1. The molecule has 19 heavy (non-hydrogen) atoms. The number of carbonyl (C=O) groups excluding carboxylic acids is 1. The van der Waals surface area contributed by atoms with Crippen LogP contribution in [0.1, 0.15) is 17.3 Å². The highest BCUT2D eigenvalue weighted by Crippen LogP contribution is 2.19. The predicted octanol–water partition coefficient (Wildman–Crippen LogP) is 1.95. The van der Waals surface area contributed by atoms with Gasteiger partial charge in [0, 0.05) is 17.3 Å². The molecule has 0 saturated heterocycles. The van der Waals surface area contributed by atoms with Crippen LogP contribution in [-0.2, 0) is 18.5 Å². The van der Waals surface area contributed by atoms with Gasteiger partial charge in [-0.25, -0.2) is 17.6 Å². The Kier molecular flexibility index (Phi) is 5.71. The second kappa shape index (κ2) is 6.83. The molecule has 1 aromatic rings. The van der Waals surface area contributed by atoms with Gasteiger partial charge in [-0.05, 0) is 25.1 Å². The maximum Gasteiger partial charge on any atom is 0.338 e. The van der Waals surface area contributed by atoms with E-state index in [1.165, 1.54) is 0 Å². The van der Waals surface area contributed by atoms with E-state index in [9.17, 15) is 17.6 Å². The average molecular weight is 311 g/mol. The van der Waals surface area contributed by atoms with E-state index in [1.807, 2.05) is 0 Å². The Balaban J connectivity index is 2.83. The van der Waals surface area contributed by atoms with Crippen molar-refractivity contribution in [2.75, 3.05) is 19.8 Å². The van der Waals surface area contributed by atoms with Crippen molar-refractivity contribution in [1.29, 1.82) is 0 Å². The van der Waals surface area contributed by atoms with Gasteiger partial charge >= 0.3 is 5.97 Å². The molecular formula is C11H12ClFO5S. The minimum Gasteiger partial charge on any atom is -0.460 e. The Hall–Kier alpha value is -1.18. The van der Waals surface area contributed by atoms with Crippen molar-refractivity contribution >= 4 is 25.7 Å². The highest BCUT2D eigenvalue weighted by Gasteiger charge is 2.16. The third kappa shape index (κ3) is 5.14. The number of esters is 1. The maximum atomic E-state index is 13.2. The van der Waals surface area contributed by atoms with Gasteiger partial charge in [-0.1, -0.05) is 0 Å². The Morgan fingerprint density at radius 2 is 2.00 bits per heavy atom. The van der Waals surface area contributed by atoms with E-state index in [-0.39, 0.29) is 18.8 Å². The van der Waals surface area contributed by atoms with Crippen molar-refractivity contribution in [1.82, 2.24) is 0 Å². The lowest BCUT2D eigenvalue weighted by Crippen LogP contribution is -2.11. The van der Waals surface area contributed by atoms with E-state index in [4.69, 9.17) is 20.2 Å². The summed E-state index contributed by atoms with van der Waals surface area (Å²) in [6.45, 7) is 2.46. The molecule has 0 N–H and O–H groups in total. The van der Waals surface area contributed by atoms with Gasteiger partial charge in [0.15, 0.2) is 0 Å². The van der Waals surface area contributed by atoms with Crippen LogP contribution in [-0.4, -0.2) is 34.2 Å². The summed E-state index contributed by atoms with van der Waals surface area (Å²) in [5.74, 6) is -1.74. The molecule has 0 unspecified atom stereocenters. The van der Waals surface area contributed by atoms with Gasteiger partial charge in [0.05, 0.1) is 17.1 Å². The van der Waals surface area contributed by atoms with Crippen LogP contribution in [0, 0.1) is 5.82 Å². The topological polar surface area (TPSA) is 69.7 Å². The quantitative estimate of drug-likeness (QED) is 0.456. The minimum atomic E-state index is -4.11. The molecule has 0 amide bonds. The van der Waals surface area contributed by atoms with Crippen molar-refractivity contribution in [3.8, 4) is 0 Å². The van der Waals surface area contributed by atoms with E-state index >= 15 is 0 Å². The summed E-state index contributed by atoms with van der Waals surface area (Å²) in [6, 6.07) is 2.54. The molecule has 0 aliphatic rings. The fourth-order valence-corrected chi connectivity index (χ4v) is 2.03. The first kappa shape index (κ1) is 15.9. The first-order valence-electron chi connectivity index (χ1n) is 5.34. The van der Waals surface area contributed by atoms with Crippen molar-refractivity contribution < 1.29 is 27.1 Å². The third-order valence-corrected chi connectivity index (χ3v) is 3.39. The van der Waals surface area contributed by atoms with Crippen LogP contribution in [0.15, 0.2) is 23.1 Å². The van der Waals surface area contributed by atoms with Crippen LogP contribution in [0.4, 0.5) is 4.39 Å². The molecule has 8 heteroatoms. The number of benzene rings is 1. The van der Waals surface area contributed by atoms with Crippen LogP contribution in [0.3, 0.4) is 0 Å². The van der Waals surface area contributed by atoms with Crippen LogP contribution >= 0.6 is 10.7 Å². The average Bonchev–Trinajstić information content (AvgIpc) is 2.32. The van der Waals surface area contributed by atoms with Gasteiger partial charge in [-0.3, -0.25) is 0 Å².